The predicted octanol–water partition coefficient (Wildman–Crippen LogP) is 5.65. The fraction of sp³-hybridized carbons (Fsp3) is 0.364. The zero-order valence-electron chi connectivity index (χ0n) is 16.0. The van der Waals surface area contributed by atoms with Gasteiger partial charge in [-0.05, 0) is 49.6 Å². The first-order valence-corrected chi connectivity index (χ1v) is 11.0. The number of benzene rings is 1. The maximum absolute atomic E-state index is 12.4. The van der Waals surface area contributed by atoms with Crippen molar-refractivity contribution in [2.45, 2.75) is 50.5 Å². The van der Waals surface area contributed by atoms with E-state index in [2.05, 4.69) is 69.5 Å². The Kier molecular flexibility index (Phi) is 6.88. The summed E-state index contributed by atoms with van der Waals surface area (Å²) < 4.78 is 3.36. The Hall–Kier alpha value is -1.89. The molecule has 3 rings (SSSR count). The van der Waals surface area contributed by atoms with Crippen molar-refractivity contribution in [2.75, 3.05) is 5.32 Å². The standard InChI is InChI=1S/C22H26IN3O/c1-3-4-5-20-19(15-23)18-14-16(2)6-7-21(18)26(20)13-10-22(27)25-17-8-11-24-12-9-17/h6-9,11-12,14H,3-5,10,13,15H2,1-2H3,(H,24,25,27). The van der Waals surface area contributed by atoms with Crippen LogP contribution in [-0.4, -0.2) is 15.5 Å². The number of hydrogen-bond acceptors (Lipinski definition) is 2. The molecule has 2 heterocycles. The number of pyridine rings is 1. The van der Waals surface area contributed by atoms with Gasteiger partial charge in [0.25, 0.3) is 0 Å². The number of carbonyl (C=O) groups is 1. The summed E-state index contributed by atoms with van der Waals surface area (Å²) in [4.78, 5) is 16.4. The SMILES string of the molecule is CCCCc1c(CI)c2cc(C)ccc2n1CCC(=O)Nc1ccncc1. The number of unbranched alkanes of at least 4 members (excludes halogenated alkanes) is 1. The lowest BCUT2D eigenvalue weighted by Crippen LogP contribution is -2.15. The Morgan fingerprint density at radius 1 is 1.22 bits per heavy atom. The molecule has 0 fully saturated rings. The quantitative estimate of drug-likeness (QED) is 0.338. The van der Waals surface area contributed by atoms with Gasteiger partial charge in [-0.3, -0.25) is 9.78 Å². The van der Waals surface area contributed by atoms with Gasteiger partial charge in [0, 0.05) is 52.1 Å². The molecule has 0 bridgehead atoms. The van der Waals surface area contributed by atoms with E-state index in [0.29, 0.717) is 13.0 Å². The van der Waals surface area contributed by atoms with E-state index in [1.54, 1.807) is 12.4 Å². The van der Waals surface area contributed by atoms with Crippen LogP contribution in [0.2, 0.25) is 0 Å². The number of aryl methyl sites for hydroxylation is 2. The van der Waals surface area contributed by atoms with Crippen LogP contribution in [0.4, 0.5) is 5.69 Å². The van der Waals surface area contributed by atoms with E-state index in [4.69, 9.17) is 0 Å². The first-order chi connectivity index (χ1) is 13.1. The molecule has 0 saturated carbocycles. The van der Waals surface area contributed by atoms with Crippen LogP contribution in [0.3, 0.4) is 0 Å². The minimum absolute atomic E-state index is 0.0348. The first-order valence-electron chi connectivity index (χ1n) is 9.50. The maximum atomic E-state index is 12.4. The average Bonchev–Trinajstić information content (AvgIpc) is 2.97. The van der Waals surface area contributed by atoms with Gasteiger partial charge in [0.2, 0.25) is 5.91 Å². The zero-order chi connectivity index (χ0) is 19.2. The van der Waals surface area contributed by atoms with Crippen molar-refractivity contribution in [3.8, 4) is 0 Å². The smallest absolute Gasteiger partial charge is 0.226 e. The van der Waals surface area contributed by atoms with E-state index in [1.165, 1.54) is 40.6 Å². The number of aromatic nitrogens is 2. The third-order valence-corrected chi connectivity index (χ3v) is 5.63. The van der Waals surface area contributed by atoms with Crippen LogP contribution in [0.5, 0.6) is 0 Å². The minimum Gasteiger partial charge on any atom is -0.344 e. The second-order valence-electron chi connectivity index (χ2n) is 6.87. The molecule has 1 amide bonds. The van der Waals surface area contributed by atoms with Gasteiger partial charge in [0.15, 0.2) is 0 Å². The summed E-state index contributed by atoms with van der Waals surface area (Å²) in [5.74, 6) is 0.0348. The fourth-order valence-electron chi connectivity index (χ4n) is 3.50. The van der Waals surface area contributed by atoms with Gasteiger partial charge < -0.3 is 9.88 Å². The normalized spacial score (nSPS) is 11.1. The summed E-state index contributed by atoms with van der Waals surface area (Å²) in [6, 6.07) is 10.3. The van der Waals surface area contributed by atoms with Crippen molar-refractivity contribution in [3.05, 3.63) is 59.5 Å². The van der Waals surface area contributed by atoms with Crippen LogP contribution in [0.15, 0.2) is 42.7 Å². The third kappa shape index (κ3) is 4.69. The molecule has 0 unspecified atom stereocenters. The molecule has 0 aliphatic carbocycles. The highest BCUT2D eigenvalue weighted by Crippen LogP contribution is 2.30. The zero-order valence-corrected chi connectivity index (χ0v) is 18.1. The van der Waals surface area contributed by atoms with Crippen LogP contribution in [0, 0.1) is 6.92 Å². The summed E-state index contributed by atoms with van der Waals surface area (Å²) in [7, 11) is 0. The number of nitrogens with one attached hydrogen (secondary N) is 1. The van der Waals surface area contributed by atoms with Gasteiger partial charge in [0.1, 0.15) is 0 Å². The Bertz CT molecular complexity index is 918. The molecule has 1 N–H and O–H groups in total. The topological polar surface area (TPSA) is 46.9 Å². The van der Waals surface area contributed by atoms with Crippen molar-refractivity contribution < 1.29 is 4.79 Å². The molecular weight excluding hydrogens is 449 g/mol. The highest BCUT2D eigenvalue weighted by atomic mass is 127. The molecule has 5 heteroatoms. The number of alkyl halides is 1. The maximum Gasteiger partial charge on any atom is 0.226 e. The number of anilines is 1. The Morgan fingerprint density at radius 3 is 2.70 bits per heavy atom. The molecule has 0 aliphatic heterocycles. The second-order valence-corrected chi connectivity index (χ2v) is 7.63. The van der Waals surface area contributed by atoms with Crippen molar-refractivity contribution >= 4 is 45.1 Å². The lowest BCUT2D eigenvalue weighted by atomic mass is 10.1. The molecule has 2 aromatic heterocycles. The predicted molar refractivity (Wildman–Crippen MR) is 120 cm³/mol. The second kappa shape index (κ2) is 9.35. The highest BCUT2D eigenvalue weighted by Gasteiger charge is 2.17. The molecule has 0 atom stereocenters. The lowest BCUT2D eigenvalue weighted by molar-refractivity contribution is -0.116. The van der Waals surface area contributed by atoms with Crippen LogP contribution < -0.4 is 5.32 Å². The molecule has 3 aromatic rings. The first kappa shape index (κ1) is 19.9. The van der Waals surface area contributed by atoms with Crippen molar-refractivity contribution in [2.24, 2.45) is 0 Å². The molecule has 4 nitrogen and oxygen atoms in total. The van der Waals surface area contributed by atoms with Gasteiger partial charge >= 0.3 is 0 Å². The van der Waals surface area contributed by atoms with Crippen molar-refractivity contribution in [1.29, 1.82) is 0 Å². The largest absolute Gasteiger partial charge is 0.344 e. The van der Waals surface area contributed by atoms with E-state index >= 15 is 0 Å². The number of hydrogen-bond donors (Lipinski definition) is 1. The monoisotopic (exact) mass is 475 g/mol. The highest BCUT2D eigenvalue weighted by molar-refractivity contribution is 14.1. The number of amides is 1. The Morgan fingerprint density at radius 2 is 2.00 bits per heavy atom. The molecule has 0 spiro atoms. The number of fused-ring (bicyclic) bond motifs is 1. The van der Waals surface area contributed by atoms with Gasteiger partial charge in [-0.25, -0.2) is 0 Å². The van der Waals surface area contributed by atoms with E-state index in [-0.39, 0.29) is 5.91 Å². The van der Waals surface area contributed by atoms with Gasteiger partial charge in [0.05, 0.1) is 0 Å². The third-order valence-electron chi connectivity index (χ3n) is 4.87. The van der Waals surface area contributed by atoms with E-state index in [1.807, 2.05) is 12.1 Å². The summed E-state index contributed by atoms with van der Waals surface area (Å²) in [6.07, 6.45) is 7.24. The van der Waals surface area contributed by atoms with Crippen LogP contribution in [0.1, 0.15) is 43.0 Å². The molecule has 0 radical (unpaired) electrons. The average molecular weight is 475 g/mol. The molecule has 0 aliphatic rings. The summed E-state index contributed by atoms with van der Waals surface area (Å²) in [6.45, 7) is 5.07. The van der Waals surface area contributed by atoms with Crippen molar-refractivity contribution in [3.63, 3.8) is 0 Å². The van der Waals surface area contributed by atoms with Crippen molar-refractivity contribution in [1.82, 2.24) is 9.55 Å². The van der Waals surface area contributed by atoms with Gasteiger partial charge in [-0.1, -0.05) is 47.6 Å². The molecule has 0 saturated heterocycles. The van der Waals surface area contributed by atoms with Crippen LogP contribution in [0.25, 0.3) is 10.9 Å². The van der Waals surface area contributed by atoms with E-state index in [0.717, 1.165) is 16.5 Å². The molecule has 1 aromatic carbocycles. The van der Waals surface area contributed by atoms with Gasteiger partial charge in [-0.2, -0.15) is 0 Å². The minimum atomic E-state index is 0.0348. The number of halogens is 1. The van der Waals surface area contributed by atoms with E-state index in [9.17, 15) is 4.79 Å². The fourth-order valence-corrected chi connectivity index (χ4v) is 4.35. The lowest BCUT2D eigenvalue weighted by Gasteiger charge is -2.12. The number of carbonyl (C=O) groups excluding carboxylic acids is 1. The number of rotatable bonds is 8. The summed E-state index contributed by atoms with van der Waals surface area (Å²) >= 11 is 2.46. The molecule has 142 valence electrons. The number of nitrogens with zero attached hydrogens (tertiary/aromatic N) is 2. The molecular formula is C22H26IN3O. The van der Waals surface area contributed by atoms with Crippen LogP contribution in [-0.2, 0) is 22.2 Å². The summed E-state index contributed by atoms with van der Waals surface area (Å²) in [5.41, 5.74) is 6.14. The van der Waals surface area contributed by atoms with Gasteiger partial charge in [-0.15, -0.1) is 0 Å². The Labute approximate surface area is 174 Å². The van der Waals surface area contributed by atoms with E-state index < -0.39 is 0 Å². The molecule has 27 heavy (non-hydrogen) atoms. The van der Waals surface area contributed by atoms with Crippen LogP contribution >= 0.6 is 22.6 Å². The Balaban J connectivity index is 1.86. The summed E-state index contributed by atoms with van der Waals surface area (Å²) in [5, 5.41) is 4.30.